The zero-order valence-corrected chi connectivity index (χ0v) is 12.5. The van der Waals surface area contributed by atoms with Crippen molar-refractivity contribution in [2.75, 3.05) is 19.6 Å². The van der Waals surface area contributed by atoms with Crippen LogP contribution in [0.4, 0.5) is 0 Å². The van der Waals surface area contributed by atoms with Gasteiger partial charge >= 0.3 is 0 Å². The summed E-state index contributed by atoms with van der Waals surface area (Å²) >= 11 is 0. The van der Waals surface area contributed by atoms with E-state index in [4.69, 9.17) is 5.73 Å². The maximum Gasteiger partial charge on any atom is 0.0538 e. The van der Waals surface area contributed by atoms with Crippen LogP contribution in [0.3, 0.4) is 0 Å². The molecular weight excluding hydrogens is 236 g/mol. The number of aryl methyl sites for hydroxylation is 1. The van der Waals surface area contributed by atoms with Gasteiger partial charge in [0.1, 0.15) is 0 Å². The Morgan fingerprint density at radius 3 is 2.84 bits per heavy atom. The van der Waals surface area contributed by atoms with Crippen LogP contribution in [0.2, 0.25) is 0 Å². The second-order valence-electron chi connectivity index (χ2n) is 6.08. The Bertz CT molecular complexity index is 385. The summed E-state index contributed by atoms with van der Waals surface area (Å²) in [5.41, 5.74) is 7.29. The second kappa shape index (κ2) is 6.53. The first-order valence-electron chi connectivity index (χ1n) is 7.62. The molecule has 0 bridgehead atoms. The lowest BCUT2D eigenvalue weighted by Gasteiger charge is -2.26. The Labute approximate surface area is 117 Å². The van der Waals surface area contributed by atoms with Crippen molar-refractivity contribution in [3.63, 3.8) is 0 Å². The molecule has 0 aliphatic carbocycles. The molecule has 0 radical (unpaired) electrons. The number of aromatic nitrogens is 2. The first-order valence-corrected chi connectivity index (χ1v) is 7.62. The van der Waals surface area contributed by atoms with E-state index in [1.165, 1.54) is 25.1 Å². The number of rotatable bonds is 6. The topological polar surface area (TPSA) is 47.1 Å². The Morgan fingerprint density at radius 2 is 2.26 bits per heavy atom. The lowest BCUT2D eigenvalue weighted by Crippen LogP contribution is -2.32. The molecule has 4 nitrogen and oxygen atoms in total. The van der Waals surface area contributed by atoms with Crippen LogP contribution in [0.25, 0.3) is 0 Å². The third kappa shape index (κ3) is 3.37. The van der Waals surface area contributed by atoms with Crippen molar-refractivity contribution in [2.45, 2.75) is 46.2 Å². The molecule has 0 spiro atoms. The van der Waals surface area contributed by atoms with Gasteiger partial charge in [-0.2, -0.15) is 5.10 Å². The normalized spacial score (nSPS) is 22.3. The van der Waals surface area contributed by atoms with E-state index in [1.807, 2.05) is 10.9 Å². The fourth-order valence-corrected chi connectivity index (χ4v) is 3.04. The van der Waals surface area contributed by atoms with Crippen molar-refractivity contribution >= 4 is 0 Å². The van der Waals surface area contributed by atoms with Crippen molar-refractivity contribution in [2.24, 2.45) is 17.6 Å². The van der Waals surface area contributed by atoms with Gasteiger partial charge in [-0.3, -0.25) is 9.58 Å². The summed E-state index contributed by atoms with van der Waals surface area (Å²) in [4.78, 5) is 2.54. The van der Waals surface area contributed by atoms with E-state index in [9.17, 15) is 0 Å². The summed E-state index contributed by atoms with van der Waals surface area (Å²) in [7, 11) is 0. The largest absolute Gasteiger partial charge is 0.329 e. The van der Waals surface area contributed by atoms with Crippen molar-refractivity contribution in [3.05, 3.63) is 18.0 Å². The van der Waals surface area contributed by atoms with E-state index in [1.54, 1.807) is 0 Å². The van der Waals surface area contributed by atoms with E-state index in [-0.39, 0.29) is 0 Å². The molecule has 108 valence electrons. The highest BCUT2D eigenvalue weighted by Crippen LogP contribution is 2.30. The molecule has 0 saturated carbocycles. The molecule has 2 atom stereocenters. The Morgan fingerprint density at radius 1 is 1.47 bits per heavy atom. The Kier molecular flexibility index (Phi) is 4.99. The summed E-state index contributed by atoms with van der Waals surface area (Å²) in [6.07, 6.45) is 6.59. The van der Waals surface area contributed by atoms with Gasteiger partial charge in [-0.05, 0) is 31.2 Å². The average Bonchev–Trinajstić information content (AvgIpc) is 3.01. The molecule has 1 aliphatic rings. The number of hydrogen-bond donors (Lipinski definition) is 1. The maximum atomic E-state index is 6.01. The fraction of sp³-hybridized carbons (Fsp3) is 0.800. The first-order chi connectivity index (χ1) is 9.15. The molecular formula is C15H28N4. The monoisotopic (exact) mass is 264 g/mol. The minimum atomic E-state index is 0.342. The van der Waals surface area contributed by atoms with Gasteiger partial charge in [0.05, 0.1) is 12.2 Å². The number of nitrogens with zero attached hydrogens (tertiary/aromatic N) is 3. The molecule has 0 aromatic carbocycles. The number of likely N-dealkylation sites (tertiary alicyclic amines) is 1. The minimum Gasteiger partial charge on any atom is -0.329 e. The SMILES string of the molecule is CCCn1cc(C(CN)N2CCC(C(C)C)C2)cn1. The molecule has 2 unspecified atom stereocenters. The third-order valence-electron chi connectivity index (χ3n) is 4.35. The molecule has 1 aromatic rings. The summed E-state index contributed by atoms with van der Waals surface area (Å²) in [5, 5.41) is 4.43. The summed E-state index contributed by atoms with van der Waals surface area (Å²) < 4.78 is 2.04. The molecule has 2 rings (SSSR count). The highest BCUT2D eigenvalue weighted by Gasteiger charge is 2.30. The van der Waals surface area contributed by atoms with E-state index in [0.29, 0.717) is 12.6 Å². The summed E-state index contributed by atoms with van der Waals surface area (Å²) in [5.74, 6) is 1.59. The van der Waals surface area contributed by atoms with Gasteiger partial charge in [-0.25, -0.2) is 0 Å². The molecule has 1 aromatic heterocycles. The van der Waals surface area contributed by atoms with E-state index in [0.717, 1.165) is 24.8 Å². The van der Waals surface area contributed by atoms with Gasteiger partial charge in [-0.15, -0.1) is 0 Å². The zero-order chi connectivity index (χ0) is 13.8. The van der Waals surface area contributed by atoms with Gasteiger partial charge < -0.3 is 5.73 Å². The van der Waals surface area contributed by atoms with Gasteiger partial charge in [0, 0.05) is 31.4 Å². The van der Waals surface area contributed by atoms with Crippen LogP contribution < -0.4 is 5.73 Å². The summed E-state index contributed by atoms with van der Waals surface area (Å²) in [6, 6.07) is 0.342. The first kappa shape index (κ1) is 14.5. The third-order valence-corrected chi connectivity index (χ3v) is 4.35. The van der Waals surface area contributed by atoms with Crippen LogP contribution in [0.1, 0.15) is 45.2 Å². The summed E-state index contributed by atoms with van der Waals surface area (Å²) in [6.45, 7) is 10.8. The van der Waals surface area contributed by atoms with E-state index >= 15 is 0 Å². The zero-order valence-electron chi connectivity index (χ0n) is 12.5. The van der Waals surface area contributed by atoms with Crippen LogP contribution in [-0.4, -0.2) is 34.3 Å². The molecule has 0 amide bonds. The average molecular weight is 264 g/mol. The molecule has 1 aliphatic heterocycles. The second-order valence-corrected chi connectivity index (χ2v) is 6.08. The van der Waals surface area contributed by atoms with Crippen molar-refractivity contribution in [1.29, 1.82) is 0 Å². The van der Waals surface area contributed by atoms with Gasteiger partial charge in [0.25, 0.3) is 0 Å². The van der Waals surface area contributed by atoms with Crippen LogP contribution >= 0.6 is 0 Å². The Hall–Kier alpha value is -0.870. The van der Waals surface area contributed by atoms with Crippen LogP contribution in [0, 0.1) is 11.8 Å². The van der Waals surface area contributed by atoms with Crippen molar-refractivity contribution in [3.8, 4) is 0 Å². The molecule has 19 heavy (non-hydrogen) atoms. The highest BCUT2D eigenvalue weighted by atomic mass is 15.3. The molecule has 1 fully saturated rings. The van der Waals surface area contributed by atoms with Crippen LogP contribution in [-0.2, 0) is 6.54 Å². The predicted molar refractivity (Wildman–Crippen MR) is 78.8 cm³/mol. The standard InChI is InChI=1S/C15H28N4/c1-4-6-19-11-14(9-17-19)15(8-16)18-7-5-13(10-18)12(2)3/h9,11-13,15H,4-8,10,16H2,1-3H3. The van der Waals surface area contributed by atoms with Gasteiger partial charge in [0.15, 0.2) is 0 Å². The fourth-order valence-electron chi connectivity index (χ4n) is 3.04. The Balaban J connectivity index is 2.03. The lowest BCUT2D eigenvalue weighted by atomic mass is 9.95. The smallest absolute Gasteiger partial charge is 0.0538 e. The predicted octanol–water partition coefficient (Wildman–Crippen LogP) is 2.27. The van der Waals surface area contributed by atoms with Crippen molar-refractivity contribution in [1.82, 2.24) is 14.7 Å². The quantitative estimate of drug-likeness (QED) is 0.857. The molecule has 4 heteroatoms. The molecule has 2 heterocycles. The maximum absolute atomic E-state index is 6.01. The van der Waals surface area contributed by atoms with Crippen LogP contribution in [0.15, 0.2) is 12.4 Å². The lowest BCUT2D eigenvalue weighted by molar-refractivity contribution is 0.232. The van der Waals surface area contributed by atoms with E-state index < -0.39 is 0 Å². The van der Waals surface area contributed by atoms with E-state index in [2.05, 4.69) is 37.0 Å². The number of nitrogens with two attached hydrogens (primary N) is 1. The molecule has 1 saturated heterocycles. The number of hydrogen-bond acceptors (Lipinski definition) is 3. The highest BCUT2D eigenvalue weighted by molar-refractivity contribution is 5.12. The van der Waals surface area contributed by atoms with Gasteiger partial charge in [-0.1, -0.05) is 20.8 Å². The minimum absolute atomic E-state index is 0.342. The van der Waals surface area contributed by atoms with Gasteiger partial charge in [0.2, 0.25) is 0 Å². The molecule has 2 N–H and O–H groups in total. The van der Waals surface area contributed by atoms with Crippen LogP contribution in [0.5, 0.6) is 0 Å². The van der Waals surface area contributed by atoms with Crippen molar-refractivity contribution < 1.29 is 0 Å².